The predicted molar refractivity (Wildman–Crippen MR) is 47.0 cm³/mol. The number of aromatic nitrogens is 2. The van der Waals surface area contributed by atoms with Crippen molar-refractivity contribution in [2.75, 3.05) is 5.33 Å². The zero-order valence-corrected chi connectivity index (χ0v) is 8.59. The predicted octanol–water partition coefficient (Wildman–Crippen LogP) is 1.66. The van der Waals surface area contributed by atoms with Crippen LogP contribution in [0.5, 0.6) is 0 Å². The lowest BCUT2D eigenvalue weighted by molar-refractivity contribution is -0.141. The SMILES string of the molecule is OC(CBr)Cn1ccc(C(F)(F)F)n1. The minimum atomic E-state index is -4.43. The summed E-state index contributed by atoms with van der Waals surface area (Å²) < 4.78 is 37.3. The first kappa shape index (κ1) is 11.5. The van der Waals surface area contributed by atoms with Crippen molar-refractivity contribution in [1.82, 2.24) is 9.78 Å². The molecule has 0 aliphatic heterocycles. The molecule has 0 amide bonds. The Morgan fingerprint density at radius 2 is 2.21 bits per heavy atom. The second kappa shape index (κ2) is 4.31. The molecule has 80 valence electrons. The van der Waals surface area contributed by atoms with Gasteiger partial charge in [-0.15, -0.1) is 0 Å². The van der Waals surface area contributed by atoms with Crippen LogP contribution in [-0.2, 0) is 12.7 Å². The minimum Gasteiger partial charge on any atom is -0.390 e. The molecule has 0 bridgehead atoms. The molecule has 1 heterocycles. The van der Waals surface area contributed by atoms with E-state index in [1.54, 1.807) is 0 Å². The van der Waals surface area contributed by atoms with Crippen molar-refractivity contribution in [3.8, 4) is 0 Å². The van der Waals surface area contributed by atoms with Crippen molar-refractivity contribution in [2.45, 2.75) is 18.8 Å². The van der Waals surface area contributed by atoms with Crippen LogP contribution >= 0.6 is 15.9 Å². The van der Waals surface area contributed by atoms with Gasteiger partial charge < -0.3 is 5.11 Å². The third-order valence-corrected chi connectivity index (χ3v) is 2.25. The van der Waals surface area contributed by atoms with Crippen molar-refractivity contribution in [3.05, 3.63) is 18.0 Å². The van der Waals surface area contributed by atoms with E-state index < -0.39 is 18.0 Å². The smallest absolute Gasteiger partial charge is 0.390 e. The van der Waals surface area contributed by atoms with E-state index in [9.17, 15) is 13.2 Å². The molecule has 1 atom stereocenters. The Bertz CT molecular complexity index is 299. The number of halogens is 4. The van der Waals surface area contributed by atoms with Gasteiger partial charge in [0.05, 0.1) is 12.6 Å². The molecule has 0 aliphatic carbocycles. The average molecular weight is 273 g/mol. The Hall–Kier alpha value is -0.560. The number of aliphatic hydroxyl groups excluding tert-OH is 1. The van der Waals surface area contributed by atoms with E-state index in [1.165, 1.54) is 6.20 Å². The lowest BCUT2D eigenvalue weighted by Gasteiger charge is -2.06. The summed E-state index contributed by atoms with van der Waals surface area (Å²) in [6.45, 7) is 0.0430. The van der Waals surface area contributed by atoms with Crippen molar-refractivity contribution < 1.29 is 18.3 Å². The van der Waals surface area contributed by atoms with E-state index in [0.29, 0.717) is 5.33 Å². The molecule has 1 aromatic heterocycles. The number of rotatable bonds is 3. The van der Waals surface area contributed by atoms with E-state index in [0.717, 1.165) is 10.7 Å². The van der Waals surface area contributed by atoms with Gasteiger partial charge >= 0.3 is 6.18 Å². The van der Waals surface area contributed by atoms with Gasteiger partial charge in [0.2, 0.25) is 0 Å². The molecular formula is C7H8BrF3N2O. The Morgan fingerprint density at radius 3 is 2.64 bits per heavy atom. The maximum atomic E-state index is 12.1. The van der Waals surface area contributed by atoms with E-state index in [4.69, 9.17) is 5.11 Å². The molecule has 1 N–H and O–H groups in total. The maximum Gasteiger partial charge on any atom is 0.435 e. The summed E-state index contributed by atoms with van der Waals surface area (Å²) in [7, 11) is 0. The highest BCUT2D eigenvalue weighted by atomic mass is 79.9. The summed E-state index contributed by atoms with van der Waals surface area (Å²) in [6.07, 6.45) is -3.98. The topological polar surface area (TPSA) is 38.0 Å². The van der Waals surface area contributed by atoms with Gasteiger partial charge in [0.1, 0.15) is 0 Å². The van der Waals surface area contributed by atoms with Crippen LogP contribution in [0.1, 0.15) is 5.69 Å². The van der Waals surface area contributed by atoms with Crippen LogP contribution in [0.15, 0.2) is 12.3 Å². The van der Waals surface area contributed by atoms with Gasteiger partial charge in [-0.2, -0.15) is 18.3 Å². The number of hydrogen-bond acceptors (Lipinski definition) is 2. The van der Waals surface area contributed by atoms with E-state index >= 15 is 0 Å². The summed E-state index contributed by atoms with van der Waals surface area (Å²) in [6, 6.07) is 0.876. The molecular weight excluding hydrogens is 265 g/mol. The molecule has 3 nitrogen and oxygen atoms in total. The van der Waals surface area contributed by atoms with Crippen LogP contribution in [0, 0.1) is 0 Å². The van der Waals surface area contributed by atoms with Crippen LogP contribution in [0.2, 0.25) is 0 Å². The number of aliphatic hydroxyl groups is 1. The Kier molecular flexibility index (Phi) is 3.54. The number of hydrogen-bond donors (Lipinski definition) is 1. The summed E-state index contributed by atoms with van der Waals surface area (Å²) in [5.41, 5.74) is -0.945. The van der Waals surface area contributed by atoms with Crippen molar-refractivity contribution in [1.29, 1.82) is 0 Å². The molecule has 1 unspecified atom stereocenters. The molecule has 0 saturated carbocycles. The molecule has 7 heteroatoms. The van der Waals surface area contributed by atoms with Gasteiger partial charge in [-0.1, -0.05) is 15.9 Å². The first-order valence-electron chi connectivity index (χ1n) is 3.78. The maximum absolute atomic E-state index is 12.1. The number of nitrogens with zero attached hydrogens (tertiary/aromatic N) is 2. The molecule has 0 aromatic carbocycles. The molecule has 0 radical (unpaired) electrons. The van der Waals surface area contributed by atoms with Gasteiger partial charge in [0, 0.05) is 11.5 Å². The van der Waals surface area contributed by atoms with Gasteiger partial charge in [-0.3, -0.25) is 4.68 Å². The zero-order valence-electron chi connectivity index (χ0n) is 7.00. The summed E-state index contributed by atoms with van der Waals surface area (Å²) >= 11 is 3.01. The van der Waals surface area contributed by atoms with Crippen LogP contribution in [0.25, 0.3) is 0 Å². The fraction of sp³-hybridized carbons (Fsp3) is 0.571. The molecule has 14 heavy (non-hydrogen) atoms. The summed E-state index contributed by atoms with van der Waals surface area (Å²) in [4.78, 5) is 0. The van der Waals surface area contributed by atoms with Crippen molar-refractivity contribution >= 4 is 15.9 Å². The Balaban J connectivity index is 2.69. The average Bonchev–Trinajstić information content (AvgIpc) is 2.51. The van der Waals surface area contributed by atoms with Crippen molar-refractivity contribution in [3.63, 3.8) is 0 Å². The standard InChI is InChI=1S/C7H8BrF3N2O/c8-3-5(14)4-13-2-1-6(12-13)7(9,10)11/h1-2,5,14H,3-4H2. The second-order valence-corrected chi connectivity index (χ2v) is 3.38. The third kappa shape index (κ3) is 2.98. The highest BCUT2D eigenvalue weighted by molar-refractivity contribution is 9.09. The Morgan fingerprint density at radius 1 is 1.57 bits per heavy atom. The second-order valence-electron chi connectivity index (χ2n) is 2.73. The van der Waals surface area contributed by atoms with E-state index in [2.05, 4.69) is 21.0 Å². The molecule has 0 fully saturated rings. The number of alkyl halides is 4. The van der Waals surface area contributed by atoms with Crippen molar-refractivity contribution in [2.24, 2.45) is 0 Å². The monoisotopic (exact) mass is 272 g/mol. The van der Waals surface area contributed by atoms with Gasteiger partial charge in [-0.05, 0) is 6.07 Å². The molecule has 1 aromatic rings. The normalized spacial score (nSPS) is 14.4. The quantitative estimate of drug-likeness (QED) is 0.850. The van der Waals surface area contributed by atoms with Crippen LogP contribution in [-0.4, -0.2) is 26.3 Å². The molecule has 0 aliphatic rings. The summed E-state index contributed by atoms with van der Waals surface area (Å²) in [5.74, 6) is 0. The lowest BCUT2D eigenvalue weighted by Crippen LogP contribution is -2.18. The van der Waals surface area contributed by atoms with E-state index in [-0.39, 0.29) is 6.54 Å². The van der Waals surface area contributed by atoms with Crippen LogP contribution < -0.4 is 0 Å². The fourth-order valence-electron chi connectivity index (χ4n) is 0.879. The zero-order chi connectivity index (χ0) is 10.8. The molecule has 0 spiro atoms. The largest absolute Gasteiger partial charge is 0.435 e. The van der Waals surface area contributed by atoms with E-state index in [1.807, 2.05) is 0 Å². The highest BCUT2D eigenvalue weighted by Crippen LogP contribution is 2.27. The first-order chi connectivity index (χ1) is 6.43. The summed E-state index contributed by atoms with van der Waals surface area (Å²) in [5, 5.41) is 12.7. The minimum absolute atomic E-state index is 0.0430. The fourth-order valence-corrected chi connectivity index (χ4v) is 1.08. The van der Waals surface area contributed by atoms with Crippen LogP contribution in [0.4, 0.5) is 13.2 Å². The van der Waals surface area contributed by atoms with Gasteiger partial charge in [0.15, 0.2) is 5.69 Å². The lowest BCUT2D eigenvalue weighted by atomic mass is 10.4. The van der Waals surface area contributed by atoms with Gasteiger partial charge in [0.25, 0.3) is 0 Å². The molecule has 1 rings (SSSR count). The first-order valence-corrected chi connectivity index (χ1v) is 4.90. The third-order valence-electron chi connectivity index (χ3n) is 1.51. The van der Waals surface area contributed by atoms with Gasteiger partial charge in [-0.25, -0.2) is 0 Å². The van der Waals surface area contributed by atoms with Crippen LogP contribution in [0.3, 0.4) is 0 Å². The highest BCUT2D eigenvalue weighted by Gasteiger charge is 2.33. The molecule has 0 saturated heterocycles. The Labute approximate surface area is 86.7 Å².